The molecule has 1 aliphatic heterocycles. The van der Waals surface area contributed by atoms with Crippen LogP contribution < -0.4 is 0 Å². The van der Waals surface area contributed by atoms with Gasteiger partial charge in [0.1, 0.15) is 0 Å². The van der Waals surface area contributed by atoms with Crippen molar-refractivity contribution in [3.05, 3.63) is 68.9 Å². The minimum atomic E-state index is -0.202. The molecule has 0 radical (unpaired) electrons. The van der Waals surface area contributed by atoms with E-state index in [0.29, 0.717) is 5.76 Å². The topological polar surface area (TPSA) is 45.8 Å². The highest BCUT2D eigenvalue weighted by Crippen LogP contribution is 2.35. The molecular formula is C16H12N2O2S2. The van der Waals surface area contributed by atoms with Crippen LogP contribution in [-0.2, 0) is 0 Å². The van der Waals surface area contributed by atoms with Crippen LogP contribution in [0.3, 0.4) is 0 Å². The fourth-order valence-corrected chi connectivity index (χ4v) is 3.91. The Hall–Kier alpha value is -2.18. The molecule has 0 unspecified atom stereocenters. The predicted molar refractivity (Wildman–Crippen MR) is 87.4 cm³/mol. The average molecular weight is 328 g/mol. The van der Waals surface area contributed by atoms with E-state index in [0.717, 1.165) is 23.3 Å². The first kappa shape index (κ1) is 13.5. The molecule has 0 aliphatic carbocycles. The number of carbonyl (C=O) groups excluding carboxylic acids is 1. The summed E-state index contributed by atoms with van der Waals surface area (Å²) in [7, 11) is 0. The molecule has 0 saturated carbocycles. The van der Waals surface area contributed by atoms with E-state index in [1.165, 1.54) is 6.26 Å². The van der Waals surface area contributed by atoms with E-state index in [1.807, 2.05) is 22.9 Å². The lowest BCUT2D eigenvalue weighted by atomic mass is 10.0. The van der Waals surface area contributed by atoms with E-state index in [2.05, 4.69) is 15.9 Å². The third-order valence-corrected chi connectivity index (χ3v) is 5.02. The normalized spacial score (nSPS) is 17.7. The van der Waals surface area contributed by atoms with Gasteiger partial charge in [-0.3, -0.25) is 4.79 Å². The first-order valence-electron chi connectivity index (χ1n) is 6.82. The van der Waals surface area contributed by atoms with Gasteiger partial charge in [0.2, 0.25) is 0 Å². The lowest BCUT2D eigenvalue weighted by Gasteiger charge is -2.19. The van der Waals surface area contributed by atoms with Crippen LogP contribution in [0.4, 0.5) is 0 Å². The molecule has 1 amide bonds. The highest BCUT2D eigenvalue weighted by atomic mass is 32.1. The van der Waals surface area contributed by atoms with Crippen molar-refractivity contribution in [3.8, 4) is 0 Å². The zero-order valence-corrected chi connectivity index (χ0v) is 13.1. The summed E-state index contributed by atoms with van der Waals surface area (Å²) in [6.07, 6.45) is 2.23. The summed E-state index contributed by atoms with van der Waals surface area (Å²) < 4.78 is 5.24. The molecule has 1 aliphatic rings. The van der Waals surface area contributed by atoms with Crippen molar-refractivity contribution >= 4 is 34.3 Å². The fourth-order valence-electron chi connectivity index (χ4n) is 2.54. The Morgan fingerprint density at radius 3 is 2.77 bits per heavy atom. The van der Waals surface area contributed by atoms with E-state index < -0.39 is 0 Å². The second kappa shape index (κ2) is 5.55. The van der Waals surface area contributed by atoms with Crippen molar-refractivity contribution in [2.45, 2.75) is 12.5 Å². The summed E-state index contributed by atoms with van der Waals surface area (Å²) in [5, 5.41) is 14.3. The van der Waals surface area contributed by atoms with E-state index in [4.69, 9.17) is 4.42 Å². The molecule has 6 heteroatoms. The van der Waals surface area contributed by atoms with Crippen molar-refractivity contribution < 1.29 is 9.21 Å². The summed E-state index contributed by atoms with van der Waals surface area (Å²) in [4.78, 5) is 12.7. The third-order valence-electron chi connectivity index (χ3n) is 3.63. The smallest absolute Gasteiger partial charge is 0.310 e. The number of hydrogen-bond donors (Lipinski definition) is 0. The molecular weight excluding hydrogens is 316 g/mol. The van der Waals surface area contributed by atoms with Gasteiger partial charge in [-0.1, -0.05) is 0 Å². The van der Waals surface area contributed by atoms with Crippen LogP contribution in [0.1, 0.15) is 34.1 Å². The monoisotopic (exact) mass is 328 g/mol. The lowest BCUT2D eigenvalue weighted by molar-refractivity contribution is 0.0679. The van der Waals surface area contributed by atoms with Gasteiger partial charge in [0.15, 0.2) is 5.76 Å². The van der Waals surface area contributed by atoms with Gasteiger partial charge < -0.3 is 4.42 Å². The number of rotatable bonds is 3. The first-order valence-corrected chi connectivity index (χ1v) is 8.70. The molecule has 3 aromatic rings. The fraction of sp³-hybridized carbons (Fsp3) is 0.125. The maximum absolute atomic E-state index is 12.7. The summed E-state index contributed by atoms with van der Waals surface area (Å²) in [5.41, 5.74) is 3.14. The quantitative estimate of drug-likeness (QED) is 0.715. The molecule has 22 heavy (non-hydrogen) atoms. The van der Waals surface area contributed by atoms with Crippen LogP contribution in [0.5, 0.6) is 0 Å². The standard InChI is InChI=1S/C16H12N2O2S2/c19-16(15-2-1-5-20-15)18-14(12-4-7-22-10-12)8-13(17-18)11-3-6-21-9-11/h1-7,9-10,14H,8H2/t14-/m1/s1. The van der Waals surface area contributed by atoms with Gasteiger partial charge >= 0.3 is 5.91 Å². The zero-order valence-electron chi connectivity index (χ0n) is 11.5. The summed E-state index contributed by atoms with van der Waals surface area (Å²) in [5.74, 6) is 0.113. The molecule has 110 valence electrons. The van der Waals surface area contributed by atoms with Crippen molar-refractivity contribution in [1.29, 1.82) is 0 Å². The van der Waals surface area contributed by atoms with Crippen molar-refractivity contribution in [2.24, 2.45) is 5.10 Å². The van der Waals surface area contributed by atoms with Crippen LogP contribution in [0.2, 0.25) is 0 Å². The molecule has 0 fully saturated rings. The van der Waals surface area contributed by atoms with Crippen LogP contribution >= 0.6 is 22.7 Å². The number of amides is 1. The lowest BCUT2D eigenvalue weighted by Crippen LogP contribution is -2.26. The van der Waals surface area contributed by atoms with Gasteiger partial charge in [-0.05, 0) is 51.3 Å². The van der Waals surface area contributed by atoms with Crippen LogP contribution in [0.25, 0.3) is 0 Å². The molecule has 0 saturated heterocycles. The Morgan fingerprint density at radius 1 is 1.23 bits per heavy atom. The maximum Gasteiger partial charge on any atom is 0.310 e. The van der Waals surface area contributed by atoms with E-state index >= 15 is 0 Å². The Labute approximate surface area is 135 Å². The number of hydrogen-bond acceptors (Lipinski definition) is 5. The Bertz CT molecular complexity index is 789. The SMILES string of the molecule is O=C(c1ccco1)N1N=C(c2ccsc2)C[C@@H]1c1ccsc1. The van der Waals surface area contributed by atoms with Gasteiger partial charge in [0, 0.05) is 12.0 Å². The van der Waals surface area contributed by atoms with Crippen LogP contribution in [0, 0.1) is 0 Å². The van der Waals surface area contributed by atoms with E-state index in [1.54, 1.807) is 39.8 Å². The van der Waals surface area contributed by atoms with Crippen LogP contribution in [-0.4, -0.2) is 16.6 Å². The Balaban J connectivity index is 1.71. The van der Waals surface area contributed by atoms with E-state index in [-0.39, 0.29) is 11.9 Å². The van der Waals surface area contributed by atoms with Crippen molar-refractivity contribution in [1.82, 2.24) is 5.01 Å². The number of thiophene rings is 2. The average Bonchev–Trinajstić information content (AvgIpc) is 3.35. The first-order chi connectivity index (χ1) is 10.8. The molecule has 0 N–H and O–H groups in total. The van der Waals surface area contributed by atoms with E-state index in [9.17, 15) is 4.79 Å². The number of carbonyl (C=O) groups is 1. The van der Waals surface area contributed by atoms with Gasteiger partial charge in [-0.2, -0.15) is 27.8 Å². The second-order valence-corrected chi connectivity index (χ2v) is 6.52. The minimum Gasteiger partial charge on any atom is -0.459 e. The maximum atomic E-state index is 12.7. The van der Waals surface area contributed by atoms with Gasteiger partial charge in [-0.15, -0.1) is 0 Å². The molecule has 0 bridgehead atoms. The highest BCUT2D eigenvalue weighted by molar-refractivity contribution is 7.08. The molecule has 4 rings (SSSR count). The van der Waals surface area contributed by atoms with Crippen molar-refractivity contribution in [3.63, 3.8) is 0 Å². The molecule has 1 atom stereocenters. The summed E-state index contributed by atoms with van der Waals surface area (Å²) in [6.45, 7) is 0. The number of furan rings is 1. The summed E-state index contributed by atoms with van der Waals surface area (Å²) >= 11 is 3.26. The summed E-state index contributed by atoms with van der Waals surface area (Å²) in [6, 6.07) is 7.40. The predicted octanol–water partition coefficient (Wildman–Crippen LogP) is 4.39. The molecule has 0 aromatic carbocycles. The highest BCUT2D eigenvalue weighted by Gasteiger charge is 2.34. The largest absolute Gasteiger partial charge is 0.459 e. The molecule has 4 nitrogen and oxygen atoms in total. The molecule has 3 aromatic heterocycles. The molecule has 0 spiro atoms. The van der Waals surface area contributed by atoms with Gasteiger partial charge in [0.25, 0.3) is 0 Å². The second-order valence-electron chi connectivity index (χ2n) is 4.96. The van der Waals surface area contributed by atoms with Gasteiger partial charge in [0.05, 0.1) is 18.0 Å². The Morgan fingerprint density at radius 2 is 2.09 bits per heavy atom. The number of hydrazone groups is 1. The van der Waals surface area contributed by atoms with Crippen molar-refractivity contribution in [2.75, 3.05) is 0 Å². The van der Waals surface area contributed by atoms with Crippen LogP contribution in [0.15, 0.2) is 61.6 Å². The Kier molecular flexibility index (Phi) is 3.40. The minimum absolute atomic E-state index is 0.0706. The molecule has 4 heterocycles. The third kappa shape index (κ3) is 2.30. The zero-order chi connectivity index (χ0) is 14.9. The van der Waals surface area contributed by atoms with Gasteiger partial charge in [-0.25, -0.2) is 5.01 Å². The number of nitrogens with zero attached hydrogens (tertiary/aromatic N) is 2.